The molecule has 0 saturated heterocycles. The zero-order chi connectivity index (χ0) is 12.5. The number of pyridine rings is 1. The first-order valence-electron chi connectivity index (χ1n) is 5.60. The van der Waals surface area contributed by atoms with Crippen LogP contribution in [0, 0.1) is 6.92 Å². The quantitative estimate of drug-likeness (QED) is 0.688. The molecule has 0 aromatic carbocycles. The first-order chi connectivity index (χ1) is 8.79. The van der Waals surface area contributed by atoms with Crippen molar-refractivity contribution in [3.8, 4) is 17.0 Å². The number of aromatic nitrogens is 4. The van der Waals surface area contributed by atoms with E-state index in [0.29, 0.717) is 5.88 Å². The number of aryl methyl sites for hydroxylation is 1. The average molecular weight is 240 g/mol. The average Bonchev–Trinajstić information content (AvgIpc) is 2.82. The van der Waals surface area contributed by atoms with Gasteiger partial charge in [0, 0.05) is 23.7 Å². The van der Waals surface area contributed by atoms with Crippen molar-refractivity contribution in [3.05, 3.63) is 42.5 Å². The van der Waals surface area contributed by atoms with Crippen molar-refractivity contribution in [2.45, 2.75) is 6.92 Å². The Morgan fingerprint density at radius 1 is 1.22 bits per heavy atom. The fourth-order valence-corrected chi connectivity index (χ4v) is 1.91. The van der Waals surface area contributed by atoms with Crippen molar-refractivity contribution < 1.29 is 4.74 Å². The van der Waals surface area contributed by atoms with Crippen LogP contribution >= 0.6 is 0 Å². The van der Waals surface area contributed by atoms with Gasteiger partial charge in [-0.25, -0.2) is 14.5 Å². The van der Waals surface area contributed by atoms with Gasteiger partial charge < -0.3 is 4.74 Å². The Labute approximate surface area is 104 Å². The molecule has 3 aromatic rings. The van der Waals surface area contributed by atoms with Gasteiger partial charge in [-0.3, -0.25) is 0 Å². The third kappa shape index (κ3) is 1.60. The Kier molecular flexibility index (Phi) is 2.44. The van der Waals surface area contributed by atoms with Crippen LogP contribution in [0.5, 0.6) is 5.88 Å². The van der Waals surface area contributed by atoms with Crippen LogP contribution in [0.2, 0.25) is 0 Å². The standard InChI is InChI=1S/C13H12N4O/c1-9-4-5-10(13(16-9)18-2)11-8-15-17-7-3-6-14-12(11)17/h3-8H,1-2H3. The summed E-state index contributed by atoms with van der Waals surface area (Å²) in [6, 6.07) is 5.77. The minimum Gasteiger partial charge on any atom is -0.481 e. The topological polar surface area (TPSA) is 52.3 Å². The van der Waals surface area contributed by atoms with Gasteiger partial charge in [0.25, 0.3) is 0 Å². The smallest absolute Gasteiger partial charge is 0.221 e. The normalized spacial score (nSPS) is 10.8. The van der Waals surface area contributed by atoms with Gasteiger partial charge in [0.15, 0.2) is 5.65 Å². The summed E-state index contributed by atoms with van der Waals surface area (Å²) in [5.41, 5.74) is 3.53. The van der Waals surface area contributed by atoms with E-state index in [2.05, 4.69) is 15.1 Å². The summed E-state index contributed by atoms with van der Waals surface area (Å²) in [6.45, 7) is 1.93. The van der Waals surface area contributed by atoms with Crippen LogP contribution in [0.1, 0.15) is 5.69 Å². The Morgan fingerprint density at radius 3 is 2.94 bits per heavy atom. The molecule has 0 unspecified atom stereocenters. The van der Waals surface area contributed by atoms with Crippen molar-refractivity contribution in [2.24, 2.45) is 0 Å². The molecule has 0 N–H and O–H groups in total. The lowest BCUT2D eigenvalue weighted by Crippen LogP contribution is -1.94. The molecule has 0 atom stereocenters. The van der Waals surface area contributed by atoms with Gasteiger partial charge in [-0.15, -0.1) is 0 Å². The monoisotopic (exact) mass is 240 g/mol. The number of methoxy groups -OCH3 is 1. The number of ether oxygens (including phenoxy) is 1. The SMILES string of the molecule is COc1nc(C)ccc1-c1cnn2cccnc12. The van der Waals surface area contributed by atoms with Gasteiger partial charge >= 0.3 is 0 Å². The molecule has 0 amide bonds. The number of rotatable bonds is 2. The molecule has 3 aromatic heterocycles. The fourth-order valence-electron chi connectivity index (χ4n) is 1.91. The molecule has 0 aliphatic heterocycles. The molecule has 0 fully saturated rings. The maximum Gasteiger partial charge on any atom is 0.221 e. The molecule has 18 heavy (non-hydrogen) atoms. The summed E-state index contributed by atoms with van der Waals surface area (Å²) >= 11 is 0. The summed E-state index contributed by atoms with van der Waals surface area (Å²) in [6.07, 6.45) is 5.38. The number of hydrogen-bond donors (Lipinski definition) is 0. The van der Waals surface area contributed by atoms with Crippen LogP contribution in [0.3, 0.4) is 0 Å². The molecular formula is C13H12N4O. The molecule has 0 aliphatic rings. The molecule has 3 rings (SSSR count). The predicted molar refractivity (Wildman–Crippen MR) is 67.5 cm³/mol. The molecule has 90 valence electrons. The number of fused-ring (bicyclic) bond motifs is 1. The zero-order valence-electron chi connectivity index (χ0n) is 10.2. The van der Waals surface area contributed by atoms with E-state index in [1.165, 1.54) is 0 Å². The van der Waals surface area contributed by atoms with E-state index in [1.54, 1.807) is 24.0 Å². The second kappa shape index (κ2) is 4.10. The highest BCUT2D eigenvalue weighted by Crippen LogP contribution is 2.30. The van der Waals surface area contributed by atoms with Crippen LogP contribution in [0.15, 0.2) is 36.8 Å². The van der Waals surface area contributed by atoms with Gasteiger partial charge in [-0.2, -0.15) is 5.10 Å². The summed E-state index contributed by atoms with van der Waals surface area (Å²) in [4.78, 5) is 8.70. The lowest BCUT2D eigenvalue weighted by Gasteiger charge is -2.06. The molecule has 5 heteroatoms. The largest absolute Gasteiger partial charge is 0.481 e. The highest BCUT2D eigenvalue weighted by Gasteiger charge is 2.13. The molecular weight excluding hydrogens is 228 g/mol. The number of nitrogens with zero attached hydrogens (tertiary/aromatic N) is 4. The van der Waals surface area contributed by atoms with Crippen LogP contribution in [-0.4, -0.2) is 26.7 Å². The molecule has 3 heterocycles. The first kappa shape index (κ1) is 10.7. The molecule has 0 bridgehead atoms. The Morgan fingerprint density at radius 2 is 2.11 bits per heavy atom. The van der Waals surface area contributed by atoms with E-state index in [-0.39, 0.29) is 0 Å². The second-order valence-electron chi connectivity index (χ2n) is 3.96. The maximum atomic E-state index is 5.32. The van der Waals surface area contributed by atoms with Crippen LogP contribution in [0.25, 0.3) is 16.8 Å². The Bertz CT molecular complexity index is 705. The number of hydrogen-bond acceptors (Lipinski definition) is 4. The minimum absolute atomic E-state index is 0.593. The van der Waals surface area contributed by atoms with E-state index >= 15 is 0 Å². The van der Waals surface area contributed by atoms with E-state index in [1.807, 2.05) is 31.3 Å². The van der Waals surface area contributed by atoms with E-state index < -0.39 is 0 Å². The molecule has 5 nitrogen and oxygen atoms in total. The minimum atomic E-state index is 0.593. The van der Waals surface area contributed by atoms with Gasteiger partial charge in [-0.1, -0.05) is 0 Å². The Hall–Kier alpha value is -2.43. The van der Waals surface area contributed by atoms with Gasteiger partial charge in [-0.05, 0) is 25.1 Å². The molecule has 0 radical (unpaired) electrons. The van der Waals surface area contributed by atoms with Crippen molar-refractivity contribution in [1.82, 2.24) is 19.6 Å². The Balaban J connectivity index is 2.26. The van der Waals surface area contributed by atoms with Crippen molar-refractivity contribution in [2.75, 3.05) is 7.11 Å². The van der Waals surface area contributed by atoms with E-state index in [9.17, 15) is 0 Å². The lowest BCUT2D eigenvalue weighted by atomic mass is 10.1. The zero-order valence-corrected chi connectivity index (χ0v) is 10.2. The van der Waals surface area contributed by atoms with Crippen molar-refractivity contribution in [1.29, 1.82) is 0 Å². The van der Waals surface area contributed by atoms with Gasteiger partial charge in [0.05, 0.1) is 18.9 Å². The summed E-state index contributed by atoms with van der Waals surface area (Å²) < 4.78 is 7.05. The highest BCUT2D eigenvalue weighted by molar-refractivity contribution is 5.79. The summed E-state index contributed by atoms with van der Waals surface area (Å²) in [7, 11) is 1.62. The van der Waals surface area contributed by atoms with Crippen molar-refractivity contribution in [3.63, 3.8) is 0 Å². The van der Waals surface area contributed by atoms with Crippen LogP contribution < -0.4 is 4.74 Å². The lowest BCUT2D eigenvalue weighted by molar-refractivity contribution is 0.399. The third-order valence-corrected chi connectivity index (χ3v) is 2.76. The van der Waals surface area contributed by atoms with Crippen molar-refractivity contribution >= 4 is 5.65 Å². The maximum absolute atomic E-state index is 5.32. The van der Waals surface area contributed by atoms with E-state index in [0.717, 1.165) is 22.5 Å². The molecule has 0 aliphatic carbocycles. The summed E-state index contributed by atoms with van der Waals surface area (Å²) in [5.74, 6) is 0.593. The predicted octanol–water partition coefficient (Wildman–Crippen LogP) is 2.11. The first-order valence-corrected chi connectivity index (χ1v) is 5.60. The highest BCUT2D eigenvalue weighted by atomic mass is 16.5. The van der Waals surface area contributed by atoms with Crippen LogP contribution in [-0.2, 0) is 0 Å². The summed E-state index contributed by atoms with van der Waals surface area (Å²) in [5, 5.41) is 4.26. The molecule has 0 spiro atoms. The molecule has 0 saturated carbocycles. The third-order valence-electron chi connectivity index (χ3n) is 2.76. The van der Waals surface area contributed by atoms with E-state index in [4.69, 9.17) is 4.74 Å². The fraction of sp³-hybridized carbons (Fsp3) is 0.154. The second-order valence-corrected chi connectivity index (χ2v) is 3.96. The van der Waals surface area contributed by atoms with Gasteiger partial charge in [0.2, 0.25) is 5.88 Å². The van der Waals surface area contributed by atoms with Crippen LogP contribution in [0.4, 0.5) is 0 Å². The van der Waals surface area contributed by atoms with Gasteiger partial charge in [0.1, 0.15) is 0 Å².